The van der Waals surface area contributed by atoms with E-state index in [4.69, 9.17) is 5.73 Å². The second-order valence-electron chi connectivity index (χ2n) is 4.82. The van der Waals surface area contributed by atoms with E-state index < -0.39 is 11.7 Å². The number of rotatable bonds is 1. The first-order valence-electron chi connectivity index (χ1n) is 6.42. The largest absolute Gasteiger partial charge is 0.416 e. The number of anilines is 1. The van der Waals surface area contributed by atoms with E-state index in [0.29, 0.717) is 5.69 Å². The third-order valence-corrected chi connectivity index (χ3v) is 3.48. The zero-order valence-corrected chi connectivity index (χ0v) is 11.0. The van der Waals surface area contributed by atoms with E-state index in [1.807, 2.05) is 30.3 Å². The van der Waals surface area contributed by atoms with E-state index in [0.717, 1.165) is 34.0 Å². The molecule has 3 aromatic rings. The highest BCUT2D eigenvalue weighted by Crippen LogP contribution is 2.34. The first-order valence-corrected chi connectivity index (χ1v) is 6.42. The minimum absolute atomic E-state index is 0.647. The van der Waals surface area contributed by atoms with Gasteiger partial charge in [-0.05, 0) is 34.7 Å². The van der Waals surface area contributed by atoms with Gasteiger partial charge < -0.3 is 5.73 Å². The van der Waals surface area contributed by atoms with Crippen molar-refractivity contribution in [3.8, 4) is 11.1 Å². The molecule has 3 aromatic carbocycles. The van der Waals surface area contributed by atoms with Crippen LogP contribution in [0.4, 0.5) is 18.9 Å². The van der Waals surface area contributed by atoms with Gasteiger partial charge in [0.25, 0.3) is 0 Å². The molecule has 0 radical (unpaired) electrons. The highest BCUT2D eigenvalue weighted by Gasteiger charge is 2.30. The number of hydrogen-bond donors (Lipinski definition) is 1. The van der Waals surface area contributed by atoms with Crippen LogP contribution in [0.2, 0.25) is 0 Å². The minimum Gasteiger partial charge on any atom is -0.398 e. The van der Waals surface area contributed by atoms with Crippen LogP contribution in [-0.2, 0) is 6.18 Å². The fourth-order valence-corrected chi connectivity index (χ4v) is 2.41. The Bertz CT molecular complexity index is 789. The van der Waals surface area contributed by atoms with Crippen LogP contribution in [0.15, 0.2) is 60.7 Å². The minimum atomic E-state index is -4.32. The number of halogens is 3. The van der Waals surface area contributed by atoms with Crippen molar-refractivity contribution >= 4 is 16.5 Å². The lowest BCUT2D eigenvalue weighted by atomic mass is 9.96. The SMILES string of the molecule is Nc1ccc(-c2ccc(C(F)(F)F)cc2)c2ccccc12. The van der Waals surface area contributed by atoms with E-state index in [2.05, 4.69) is 0 Å². The Morgan fingerprint density at radius 2 is 1.33 bits per heavy atom. The predicted molar refractivity (Wildman–Crippen MR) is 78.8 cm³/mol. The maximum atomic E-state index is 12.6. The smallest absolute Gasteiger partial charge is 0.398 e. The van der Waals surface area contributed by atoms with Crippen molar-refractivity contribution in [3.05, 3.63) is 66.2 Å². The Hall–Kier alpha value is -2.49. The number of fused-ring (bicyclic) bond motifs is 1. The molecule has 0 spiro atoms. The summed E-state index contributed by atoms with van der Waals surface area (Å²) in [6.07, 6.45) is -4.32. The molecule has 0 aromatic heterocycles. The summed E-state index contributed by atoms with van der Waals surface area (Å²) in [5.74, 6) is 0. The summed E-state index contributed by atoms with van der Waals surface area (Å²) in [6.45, 7) is 0. The summed E-state index contributed by atoms with van der Waals surface area (Å²) in [7, 11) is 0. The van der Waals surface area contributed by atoms with Crippen LogP contribution in [0, 0.1) is 0 Å². The topological polar surface area (TPSA) is 26.0 Å². The normalized spacial score (nSPS) is 11.8. The second-order valence-corrected chi connectivity index (χ2v) is 4.82. The molecule has 2 N–H and O–H groups in total. The molecular weight excluding hydrogens is 275 g/mol. The maximum Gasteiger partial charge on any atom is 0.416 e. The molecule has 0 fully saturated rings. The molecule has 0 aliphatic carbocycles. The van der Waals surface area contributed by atoms with E-state index in [1.54, 1.807) is 6.07 Å². The second kappa shape index (κ2) is 4.81. The van der Waals surface area contributed by atoms with Crippen LogP contribution in [0.3, 0.4) is 0 Å². The summed E-state index contributed by atoms with van der Waals surface area (Å²) < 4.78 is 37.8. The molecule has 0 amide bonds. The molecule has 0 aliphatic heterocycles. The fraction of sp³-hybridized carbons (Fsp3) is 0.0588. The van der Waals surface area contributed by atoms with Gasteiger partial charge in [0.05, 0.1) is 5.56 Å². The van der Waals surface area contributed by atoms with Crippen LogP contribution in [-0.4, -0.2) is 0 Å². The number of hydrogen-bond acceptors (Lipinski definition) is 1. The highest BCUT2D eigenvalue weighted by molar-refractivity contribution is 6.02. The Labute approximate surface area is 119 Å². The van der Waals surface area contributed by atoms with Crippen molar-refractivity contribution in [2.75, 3.05) is 5.73 Å². The monoisotopic (exact) mass is 287 g/mol. The number of benzene rings is 3. The van der Waals surface area contributed by atoms with Gasteiger partial charge in [-0.15, -0.1) is 0 Å². The Morgan fingerprint density at radius 1 is 0.714 bits per heavy atom. The Morgan fingerprint density at radius 3 is 1.95 bits per heavy atom. The van der Waals surface area contributed by atoms with Crippen LogP contribution in [0.5, 0.6) is 0 Å². The molecule has 4 heteroatoms. The molecular formula is C17H12F3N. The van der Waals surface area contributed by atoms with Crippen molar-refractivity contribution in [3.63, 3.8) is 0 Å². The quantitative estimate of drug-likeness (QED) is 0.618. The Kier molecular flexibility index (Phi) is 3.09. The summed E-state index contributed by atoms with van der Waals surface area (Å²) in [4.78, 5) is 0. The van der Waals surface area contributed by atoms with Crippen LogP contribution >= 0.6 is 0 Å². The lowest BCUT2D eigenvalue weighted by Crippen LogP contribution is -2.04. The standard InChI is InChI=1S/C17H12F3N/c18-17(19,20)12-7-5-11(6-8-12)13-9-10-16(21)15-4-2-1-3-14(13)15/h1-10H,21H2. The van der Waals surface area contributed by atoms with E-state index >= 15 is 0 Å². The van der Waals surface area contributed by atoms with Crippen molar-refractivity contribution < 1.29 is 13.2 Å². The van der Waals surface area contributed by atoms with Crippen molar-refractivity contribution in [2.45, 2.75) is 6.18 Å². The van der Waals surface area contributed by atoms with Crippen LogP contribution in [0.1, 0.15) is 5.56 Å². The number of alkyl halides is 3. The van der Waals surface area contributed by atoms with Gasteiger partial charge in [-0.3, -0.25) is 0 Å². The molecule has 21 heavy (non-hydrogen) atoms. The molecule has 106 valence electrons. The zero-order valence-electron chi connectivity index (χ0n) is 11.0. The molecule has 0 saturated carbocycles. The summed E-state index contributed by atoms with van der Waals surface area (Å²) >= 11 is 0. The Balaban J connectivity index is 2.15. The van der Waals surface area contributed by atoms with Crippen molar-refractivity contribution in [1.82, 2.24) is 0 Å². The number of nitrogens with two attached hydrogens (primary N) is 1. The maximum absolute atomic E-state index is 12.6. The molecule has 0 unspecified atom stereocenters. The molecule has 1 nitrogen and oxygen atoms in total. The van der Waals surface area contributed by atoms with Gasteiger partial charge in [-0.2, -0.15) is 13.2 Å². The lowest BCUT2D eigenvalue weighted by Gasteiger charge is -2.11. The summed E-state index contributed by atoms with van der Waals surface area (Å²) in [5.41, 5.74) is 7.55. The van der Waals surface area contributed by atoms with Gasteiger partial charge in [-0.1, -0.05) is 42.5 Å². The van der Waals surface area contributed by atoms with Crippen molar-refractivity contribution in [2.24, 2.45) is 0 Å². The third-order valence-electron chi connectivity index (χ3n) is 3.48. The van der Waals surface area contributed by atoms with Gasteiger partial charge in [0.1, 0.15) is 0 Å². The molecule has 0 saturated heterocycles. The molecule has 0 aliphatic rings. The lowest BCUT2D eigenvalue weighted by molar-refractivity contribution is -0.137. The van der Waals surface area contributed by atoms with E-state index in [-0.39, 0.29) is 0 Å². The van der Waals surface area contributed by atoms with Gasteiger partial charge in [-0.25, -0.2) is 0 Å². The van der Waals surface area contributed by atoms with Crippen LogP contribution in [0.25, 0.3) is 21.9 Å². The average molecular weight is 287 g/mol. The average Bonchev–Trinajstić information content (AvgIpc) is 2.47. The van der Waals surface area contributed by atoms with E-state index in [1.165, 1.54) is 12.1 Å². The zero-order chi connectivity index (χ0) is 15.0. The summed E-state index contributed by atoms with van der Waals surface area (Å²) in [5, 5.41) is 1.83. The molecule has 0 heterocycles. The first-order chi connectivity index (χ1) is 9.97. The van der Waals surface area contributed by atoms with Gasteiger partial charge >= 0.3 is 6.18 Å². The van der Waals surface area contributed by atoms with Gasteiger partial charge in [0, 0.05) is 11.1 Å². The fourth-order valence-electron chi connectivity index (χ4n) is 2.41. The first kappa shape index (κ1) is 13.5. The molecule has 3 rings (SSSR count). The van der Waals surface area contributed by atoms with Crippen molar-refractivity contribution in [1.29, 1.82) is 0 Å². The third kappa shape index (κ3) is 2.44. The highest BCUT2D eigenvalue weighted by atomic mass is 19.4. The van der Waals surface area contributed by atoms with Gasteiger partial charge in [0.2, 0.25) is 0 Å². The van der Waals surface area contributed by atoms with Crippen LogP contribution < -0.4 is 5.73 Å². The summed E-state index contributed by atoms with van der Waals surface area (Å²) in [6, 6.07) is 16.4. The molecule has 0 atom stereocenters. The van der Waals surface area contributed by atoms with E-state index in [9.17, 15) is 13.2 Å². The van der Waals surface area contributed by atoms with Gasteiger partial charge in [0.15, 0.2) is 0 Å². The predicted octanol–water partition coefficient (Wildman–Crippen LogP) is 5.11. The molecule has 0 bridgehead atoms. The number of nitrogen functional groups attached to an aromatic ring is 1.